The molecule has 0 saturated carbocycles. The maximum Gasteiger partial charge on any atom is 0.419 e. The van der Waals surface area contributed by atoms with E-state index in [0.717, 1.165) is 37.6 Å². The fraction of sp³-hybridized carbons (Fsp3) is 0.455. The third-order valence-electron chi connectivity index (χ3n) is 7.72. The molecule has 2 heterocycles. The average Bonchev–Trinajstić information content (AvgIpc) is 2.99. The molecule has 14 heteroatoms. The predicted molar refractivity (Wildman–Crippen MR) is 161 cm³/mol. The maximum absolute atomic E-state index is 13.9. The van der Waals surface area contributed by atoms with Crippen LogP contribution in [0.2, 0.25) is 0 Å². The molecule has 1 amide bonds. The van der Waals surface area contributed by atoms with Gasteiger partial charge in [-0.25, -0.2) is 14.8 Å². The Morgan fingerprint density at radius 2 is 1.55 bits per heavy atom. The van der Waals surface area contributed by atoms with Crippen molar-refractivity contribution in [3.05, 3.63) is 82.2 Å². The van der Waals surface area contributed by atoms with Crippen LogP contribution in [0.4, 0.5) is 42.8 Å². The van der Waals surface area contributed by atoms with Crippen molar-refractivity contribution < 1.29 is 45.4 Å². The largest absolute Gasteiger partial charge is 0.469 e. The molecule has 0 bridgehead atoms. The molecule has 0 atom stereocenters. The number of amides is 1. The molecular formula is C33H36F6N4O4. The summed E-state index contributed by atoms with van der Waals surface area (Å²) in [5.74, 6) is -0.827. The predicted octanol–water partition coefficient (Wildman–Crippen LogP) is 7.87. The number of piperidine rings is 1. The van der Waals surface area contributed by atoms with Crippen molar-refractivity contribution in [3.63, 3.8) is 0 Å². The van der Waals surface area contributed by atoms with Crippen LogP contribution in [0.25, 0.3) is 0 Å². The Kier molecular flexibility index (Phi) is 10.7. The number of esters is 1. The number of nitrogens with one attached hydrogen (secondary N) is 1. The van der Waals surface area contributed by atoms with Gasteiger partial charge in [0.25, 0.3) is 0 Å². The minimum Gasteiger partial charge on any atom is -0.469 e. The molecule has 1 saturated heterocycles. The molecule has 8 nitrogen and oxygen atoms in total. The first-order valence-electron chi connectivity index (χ1n) is 15.0. The van der Waals surface area contributed by atoms with E-state index in [-0.39, 0.29) is 41.9 Å². The molecule has 1 fully saturated rings. The highest BCUT2D eigenvalue weighted by Crippen LogP contribution is 2.36. The Bertz CT molecular complexity index is 1560. The summed E-state index contributed by atoms with van der Waals surface area (Å²) in [6.45, 7) is 6.54. The Hall–Kier alpha value is -4.36. The van der Waals surface area contributed by atoms with Gasteiger partial charge in [-0.3, -0.25) is 4.79 Å². The summed E-state index contributed by atoms with van der Waals surface area (Å²) in [6.07, 6.45) is -9.13. The number of carbonyl (C=O) groups is 2. The van der Waals surface area contributed by atoms with Crippen molar-refractivity contribution in [3.8, 4) is 0 Å². The normalized spacial score (nSPS) is 14.6. The smallest absolute Gasteiger partial charge is 0.419 e. The van der Waals surface area contributed by atoms with Gasteiger partial charge in [0.05, 0.1) is 30.4 Å². The van der Waals surface area contributed by atoms with E-state index in [2.05, 4.69) is 20.0 Å². The molecule has 254 valence electrons. The van der Waals surface area contributed by atoms with Gasteiger partial charge < -0.3 is 19.7 Å². The maximum atomic E-state index is 13.9. The van der Waals surface area contributed by atoms with Crippen molar-refractivity contribution in [2.75, 3.05) is 25.5 Å². The zero-order valence-corrected chi connectivity index (χ0v) is 26.4. The minimum atomic E-state index is -4.81. The third-order valence-corrected chi connectivity index (χ3v) is 7.72. The molecular weight excluding hydrogens is 630 g/mol. The lowest BCUT2D eigenvalue weighted by Crippen LogP contribution is -2.41. The number of ether oxygens (including phenoxy) is 2. The summed E-state index contributed by atoms with van der Waals surface area (Å²) in [7, 11) is 1.04. The van der Waals surface area contributed by atoms with E-state index in [1.807, 2.05) is 32.9 Å². The second-order valence-corrected chi connectivity index (χ2v) is 12.2. The van der Waals surface area contributed by atoms with Crippen LogP contribution in [0, 0.1) is 0 Å². The first kappa shape index (κ1) is 35.5. The second-order valence-electron chi connectivity index (χ2n) is 12.2. The van der Waals surface area contributed by atoms with Gasteiger partial charge in [0.1, 0.15) is 5.60 Å². The van der Waals surface area contributed by atoms with Crippen LogP contribution in [-0.4, -0.2) is 52.7 Å². The summed E-state index contributed by atoms with van der Waals surface area (Å²) in [5.41, 5.74) is -1.91. The van der Waals surface area contributed by atoms with Crippen LogP contribution >= 0.6 is 0 Å². The van der Waals surface area contributed by atoms with Gasteiger partial charge in [0.2, 0.25) is 5.95 Å². The van der Waals surface area contributed by atoms with Crippen molar-refractivity contribution in [2.24, 2.45) is 0 Å². The topological polar surface area (TPSA) is 93.7 Å². The van der Waals surface area contributed by atoms with Crippen LogP contribution < -0.4 is 5.32 Å². The molecule has 4 rings (SSSR count). The third kappa shape index (κ3) is 9.58. The van der Waals surface area contributed by atoms with Gasteiger partial charge in [-0.2, -0.15) is 26.3 Å². The number of nitrogens with zero attached hydrogens (tertiary/aromatic N) is 3. The zero-order valence-electron chi connectivity index (χ0n) is 26.4. The van der Waals surface area contributed by atoms with Gasteiger partial charge in [-0.05, 0) is 87.3 Å². The minimum absolute atomic E-state index is 0.0546. The van der Waals surface area contributed by atoms with Crippen molar-refractivity contribution in [1.29, 1.82) is 0 Å². The van der Waals surface area contributed by atoms with Crippen molar-refractivity contribution in [1.82, 2.24) is 14.9 Å². The molecule has 1 aliphatic heterocycles. The van der Waals surface area contributed by atoms with Crippen LogP contribution in [0.1, 0.15) is 73.0 Å². The number of likely N-dealkylation sites (tertiary alicyclic amines) is 1. The summed E-state index contributed by atoms with van der Waals surface area (Å²) in [4.78, 5) is 33.9. The summed E-state index contributed by atoms with van der Waals surface area (Å²) in [6, 6.07) is 10.6. The highest BCUT2D eigenvalue weighted by Gasteiger charge is 2.37. The molecule has 0 radical (unpaired) electrons. The van der Waals surface area contributed by atoms with Crippen molar-refractivity contribution in [2.45, 2.75) is 76.7 Å². The van der Waals surface area contributed by atoms with Crippen LogP contribution in [0.5, 0.6) is 0 Å². The van der Waals surface area contributed by atoms with Gasteiger partial charge in [-0.15, -0.1) is 0 Å². The Balaban J connectivity index is 1.48. The van der Waals surface area contributed by atoms with Gasteiger partial charge in [0, 0.05) is 25.0 Å². The Morgan fingerprint density at radius 3 is 2.13 bits per heavy atom. The van der Waals surface area contributed by atoms with Gasteiger partial charge >= 0.3 is 24.4 Å². The number of aromatic nitrogens is 2. The number of hydrogen-bond acceptors (Lipinski definition) is 7. The zero-order chi connectivity index (χ0) is 34.6. The standard InChI is InChI=1S/C33H36F6N4O4/c1-31(2,3)47-30(45)43-16-14-21(15-17-43)20-8-11-23(12-9-20)41-29-40-19-26(33(37,38)39)27(42-29)13-10-22-6-5-7-25(32(34,35)36)24(22)18-28(44)46-4/h5-9,11-12,19,21H,10,13-18H2,1-4H3,(H,40,41,42). The van der Waals surface area contributed by atoms with E-state index in [1.54, 1.807) is 17.0 Å². The van der Waals surface area contributed by atoms with Crippen LogP contribution in [-0.2, 0) is 45.9 Å². The lowest BCUT2D eigenvalue weighted by atomic mass is 9.89. The number of rotatable bonds is 8. The van der Waals surface area contributed by atoms with Gasteiger partial charge in [0.15, 0.2) is 0 Å². The van der Waals surface area contributed by atoms with E-state index in [4.69, 9.17) is 4.74 Å². The quantitative estimate of drug-likeness (QED) is 0.193. The first-order chi connectivity index (χ1) is 21.9. The Labute approximate surface area is 268 Å². The lowest BCUT2D eigenvalue weighted by molar-refractivity contribution is -0.142. The van der Waals surface area contributed by atoms with E-state index in [1.165, 1.54) is 6.07 Å². The number of carbonyl (C=O) groups excluding carboxylic acids is 2. The molecule has 1 N–H and O–H groups in total. The lowest BCUT2D eigenvalue weighted by Gasteiger charge is -2.33. The summed E-state index contributed by atoms with van der Waals surface area (Å²) in [5, 5.41) is 2.90. The number of halogens is 6. The highest BCUT2D eigenvalue weighted by atomic mass is 19.4. The molecule has 0 unspecified atom stereocenters. The fourth-order valence-corrected chi connectivity index (χ4v) is 5.41. The molecule has 1 aromatic heterocycles. The van der Waals surface area contributed by atoms with E-state index in [0.29, 0.717) is 25.0 Å². The first-order valence-corrected chi connectivity index (χ1v) is 15.0. The summed E-state index contributed by atoms with van der Waals surface area (Å²) < 4.78 is 92.7. The van der Waals surface area contributed by atoms with E-state index in [9.17, 15) is 35.9 Å². The molecule has 0 spiro atoms. The number of anilines is 2. The number of methoxy groups -OCH3 is 1. The Morgan fingerprint density at radius 1 is 0.915 bits per heavy atom. The van der Waals surface area contributed by atoms with Crippen LogP contribution in [0.15, 0.2) is 48.7 Å². The van der Waals surface area contributed by atoms with Crippen LogP contribution in [0.3, 0.4) is 0 Å². The van der Waals surface area contributed by atoms with E-state index < -0.39 is 47.2 Å². The van der Waals surface area contributed by atoms with E-state index >= 15 is 0 Å². The highest BCUT2D eigenvalue weighted by molar-refractivity contribution is 5.73. The second kappa shape index (κ2) is 14.2. The fourth-order valence-electron chi connectivity index (χ4n) is 5.41. The number of hydrogen-bond donors (Lipinski definition) is 1. The van der Waals surface area contributed by atoms with Crippen molar-refractivity contribution >= 4 is 23.7 Å². The molecule has 47 heavy (non-hydrogen) atoms. The van der Waals surface area contributed by atoms with Gasteiger partial charge in [-0.1, -0.05) is 24.3 Å². The molecule has 2 aromatic carbocycles. The number of aryl methyl sites for hydroxylation is 2. The monoisotopic (exact) mass is 666 g/mol. The summed E-state index contributed by atoms with van der Waals surface area (Å²) >= 11 is 0. The average molecular weight is 667 g/mol. The SMILES string of the molecule is COC(=O)Cc1c(CCc2nc(Nc3ccc(C4CCN(C(=O)OC(C)(C)C)CC4)cc3)ncc2C(F)(F)F)cccc1C(F)(F)F. The number of alkyl halides is 6. The molecule has 1 aliphatic rings. The molecule has 3 aromatic rings. The number of benzene rings is 2. The molecule has 0 aliphatic carbocycles.